The van der Waals surface area contributed by atoms with Gasteiger partial charge in [0, 0.05) is 36.2 Å². The van der Waals surface area contributed by atoms with E-state index in [1.54, 1.807) is 42.6 Å². The van der Waals surface area contributed by atoms with Crippen LogP contribution < -0.4 is 10.6 Å². The van der Waals surface area contributed by atoms with Gasteiger partial charge in [0.25, 0.3) is 0 Å². The first kappa shape index (κ1) is 27.0. The van der Waals surface area contributed by atoms with Crippen molar-refractivity contribution < 1.29 is 19.1 Å². The predicted octanol–water partition coefficient (Wildman–Crippen LogP) is 5.33. The van der Waals surface area contributed by atoms with Crippen LogP contribution in [0.5, 0.6) is 0 Å². The highest BCUT2D eigenvalue weighted by Crippen LogP contribution is 2.41. The number of carboxylic acids is 1. The van der Waals surface area contributed by atoms with Crippen molar-refractivity contribution in [3.63, 3.8) is 0 Å². The van der Waals surface area contributed by atoms with Gasteiger partial charge in [-0.15, -0.1) is 0 Å². The zero-order valence-corrected chi connectivity index (χ0v) is 22.8. The molecule has 40 heavy (non-hydrogen) atoms. The van der Waals surface area contributed by atoms with Gasteiger partial charge in [-0.2, -0.15) is 0 Å². The fourth-order valence-corrected chi connectivity index (χ4v) is 5.55. The molecule has 8 nitrogen and oxygen atoms in total. The smallest absolute Gasteiger partial charge is 0.335 e. The molecule has 2 aromatic heterocycles. The van der Waals surface area contributed by atoms with Gasteiger partial charge in [-0.3, -0.25) is 9.78 Å². The van der Waals surface area contributed by atoms with Gasteiger partial charge in [0.05, 0.1) is 29.0 Å². The van der Waals surface area contributed by atoms with Gasteiger partial charge in [-0.25, -0.2) is 9.18 Å². The summed E-state index contributed by atoms with van der Waals surface area (Å²) >= 11 is 5.75. The zero-order valence-electron chi connectivity index (χ0n) is 22.0. The number of thiocarbonyl (C=S) groups is 1. The first-order chi connectivity index (χ1) is 19.2. The van der Waals surface area contributed by atoms with Crippen molar-refractivity contribution in [2.45, 2.75) is 32.4 Å². The summed E-state index contributed by atoms with van der Waals surface area (Å²) < 4.78 is 16.1. The molecular formula is C30H28FN5O3S. The van der Waals surface area contributed by atoms with E-state index in [-0.39, 0.29) is 35.7 Å². The number of carbonyl (C=O) groups excluding carboxylic acids is 1. The summed E-state index contributed by atoms with van der Waals surface area (Å²) in [6.45, 7) is 4.30. The normalized spacial score (nSPS) is 16.6. The van der Waals surface area contributed by atoms with Crippen LogP contribution in [-0.4, -0.2) is 43.1 Å². The van der Waals surface area contributed by atoms with Crippen molar-refractivity contribution in [2.24, 2.45) is 0 Å². The molecule has 2 atom stereocenters. The highest BCUT2D eigenvalue weighted by molar-refractivity contribution is 7.80. The number of aryl methyl sites for hydroxylation is 1. The maximum atomic E-state index is 14.1. The number of pyridine rings is 1. The van der Waals surface area contributed by atoms with E-state index in [4.69, 9.17) is 12.2 Å². The molecule has 204 valence electrons. The molecule has 5 rings (SSSR count). The third-order valence-electron chi connectivity index (χ3n) is 7.09. The monoisotopic (exact) mass is 557 g/mol. The molecule has 4 aromatic rings. The van der Waals surface area contributed by atoms with E-state index in [0.29, 0.717) is 11.7 Å². The average molecular weight is 558 g/mol. The second kappa shape index (κ2) is 11.3. The number of amides is 1. The Bertz CT molecular complexity index is 1570. The average Bonchev–Trinajstić information content (AvgIpc) is 3.43. The van der Waals surface area contributed by atoms with Crippen LogP contribution in [0.1, 0.15) is 51.5 Å². The first-order valence-corrected chi connectivity index (χ1v) is 13.2. The number of rotatable bonds is 8. The Morgan fingerprint density at radius 2 is 1.80 bits per heavy atom. The van der Waals surface area contributed by atoms with E-state index in [9.17, 15) is 19.1 Å². The maximum absolute atomic E-state index is 14.1. The predicted molar refractivity (Wildman–Crippen MR) is 154 cm³/mol. The van der Waals surface area contributed by atoms with E-state index >= 15 is 0 Å². The molecule has 10 heteroatoms. The minimum Gasteiger partial charge on any atom is -0.478 e. The van der Waals surface area contributed by atoms with Gasteiger partial charge in [0.1, 0.15) is 5.82 Å². The summed E-state index contributed by atoms with van der Waals surface area (Å²) in [4.78, 5) is 30.7. The Balaban J connectivity index is 1.47. The van der Waals surface area contributed by atoms with E-state index in [2.05, 4.69) is 26.3 Å². The van der Waals surface area contributed by atoms with E-state index in [0.717, 1.165) is 28.3 Å². The summed E-state index contributed by atoms with van der Waals surface area (Å²) in [6, 6.07) is 20.0. The standard InChI is InChI=1S/C30H28FN5O3S/c1-18-17-22(19(2)36(18)21-12-10-20(11-13-21)29(38)39)28-27(25-9-5-6-15-32-25)34-30(40)35(28)16-14-26(37)33-24-8-4-3-7-23(24)31/h3-13,15,17,27-28H,14,16H2,1-2H3,(H,33,37)(H,34,40)(H,38,39)/t27-,28+/m0/s1. The van der Waals surface area contributed by atoms with Crippen molar-refractivity contribution in [1.29, 1.82) is 0 Å². The van der Waals surface area contributed by atoms with Crippen molar-refractivity contribution in [3.05, 3.63) is 113 Å². The van der Waals surface area contributed by atoms with Crippen LogP contribution in [0.15, 0.2) is 79.0 Å². The molecule has 0 saturated carbocycles. The Hall–Kier alpha value is -4.57. The molecule has 3 heterocycles. The van der Waals surface area contributed by atoms with Crippen LogP contribution in [-0.2, 0) is 4.79 Å². The summed E-state index contributed by atoms with van der Waals surface area (Å²) in [5.74, 6) is -1.80. The molecule has 0 radical (unpaired) electrons. The highest BCUT2D eigenvalue weighted by Gasteiger charge is 2.41. The summed E-state index contributed by atoms with van der Waals surface area (Å²) in [5.41, 5.74) is 4.91. The van der Waals surface area contributed by atoms with Crippen LogP contribution in [0.3, 0.4) is 0 Å². The molecule has 0 unspecified atom stereocenters. The molecule has 1 aliphatic rings. The third-order valence-corrected chi connectivity index (χ3v) is 7.44. The molecule has 0 bridgehead atoms. The fourth-order valence-electron chi connectivity index (χ4n) is 5.22. The Morgan fingerprint density at radius 1 is 1.07 bits per heavy atom. The molecule has 2 aromatic carbocycles. The fraction of sp³-hybridized carbons (Fsp3) is 0.200. The van der Waals surface area contributed by atoms with Crippen LogP contribution in [0, 0.1) is 19.7 Å². The number of hydrogen-bond acceptors (Lipinski definition) is 4. The number of para-hydroxylation sites is 1. The minimum atomic E-state index is -0.980. The number of nitrogens with one attached hydrogen (secondary N) is 2. The molecule has 3 N–H and O–H groups in total. The summed E-state index contributed by atoms with van der Waals surface area (Å²) in [5, 5.41) is 15.8. The lowest BCUT2D eigenvalue weighted by atomic mass is 9.96. The molecule has 1 amide bonds. The van der Waals surface area contributed by atoms with Gasteiger partial charge >= 0.3 is 5.97 Å². The lowest BCUT2D eigenvalue weighted by Crippen LogP contribution is -2.33. The molecule has 1 fully saturated rings. The van der Waals surface area contributed by atoms with E-state index in [1.165, 1.54) is 12.1 Å². The Labute approximate surface area is 236 Å². The van der Waals surface area contributed by atoms with Gasteiger partial charge in [0.15, 0.2) is 5.11 Å². The highest BCUT2D eigenvalue weighted by atomic mass is 32.1. The first-order valence-electron chi connectivity index (χ1n) is 12.8. The van der Waals surface area contributed by atoms with Gasteiger partial charge < -0.3 is 25.2 Å². The number of hydrogen-bond donors (Lipinski definition) is 3. The lowest BCUT2D eigenvalue weighted by molar-refractivity contribution is -0.116. The minimum absolute atomic E-state index is 0.0942. The molecule has 0 spiro atoms. The topological polar surface area (TPSA) is 99.5 Å². The number of anilines is 1. The van der Waals surface area contributed by atoms with Crippen molar-refractivity contribution >= 4 is 34.9 Å². The van der Waals surface area contributed by atoms with E-state index in [1.807, 2.05) is 36.9 Å². The number of carboxylic acid groups (broad SMARTS) is 1. The van der Waals surface area contributed by atoms with Crippen LogP contribution in [0.4, 0.5) is 10.1 Å². The number of nitrogens with zero attached hydrogens (tertiary/aromatic N) is 3. The number of halogens is 1. The quantitative estimate of drug-likeness (QED) is 0.252. The second-order valence-corrected chi connectivity index (χ2v) is 10.00. The Kier molecular flexibility index (Phi) is 7.61. The van der Waals surface area contributed by atoms with Gasteiger partial charge in [-0.1, -0.05) is 18.2 Å². The third kappa shape index (κ3) is 5.30. The molecule has 1 saturated heterocycles. The van der Waals surface area contributed by atoms with Crippen molar-refractivity contribution in [3.8, 4) is 5.69 Å². The van der Waals surface area contributed by atoms with Gasteiger partial charge in [-0.05, 0) is 86.2 Å². The summed E-state index contributed by atoms with van der Waals surface area (Å²) in [6.07, 6.45) is 1.83. The van der Waals surface area contributed by atoms with Gasteiger partial charge in [0.2, 0.25) is 5.91 Å². The van der Waals surface area contributed by atoms with Crippen LogP contribution in [0.2, 0.25) is 0 Å². The maximum Gasteiger partial charge on any atom is 0.335 e. The number of aromatic carboxylic acids is 1. The number of benzene rings is 2. The van der Waals surface area contributed by atoms with Crippen molar-refractivity contribution in [2.75, 3.05) is 11.9 Å². The zero-order chi connectivity index (χ0) is 28.4. The number of aromatic nitrogens is 2. The largest absolute Gasteiger partial charge is 0.478 e. The summed E-state index contributed by atoms with van der Waals surface area (Å²) in [7, 11) is 0. The SMILES string of the molecule is Cc1cc([C@@H]2[C@H](c3ccccn3)NC(=S)N2CCC(=O)Nc2ccccc2F)c(C)n1-c1ccc(C(=O)O)cc1. The Morgan fingerprint density at radius 3 is 2.48 bits per heavy atom. The second-order valence-electron chi connectivity index (χ2n) is 9.61. The van der Waals surface area contributed by atoms with Crippen LogP contribution in [0.25, 0.3) is 5.69 Å². The lowest BCUT2D eigenvalue weighted by Gasteiger charge is -2.28. The number of carbonyl (C=O) groups is 2. The van der Waals surface area contributed by atoms with E-state index < -0.39 is 11.8 Å². The van der Waals surface area contributed by atoms with Crippen molar-refractivity contribution in [1.82, 2.24) is 19.8 Å². The molecular weight excluding hydrogens is 529 g/mol. The molecule has 1 aliphatic heterocycles. The molecule has 0 aliphatic carbocycles. The van der Waals surface area contributed by atoms with Crippen LogP contribution >= 0.6 is 12.2 Å².